The number of fused-ring (bicyclic) bond motifs is 1. The summed E-state index contributed by atoms with van der Waals surface area (Å²) in [6.07, 6.45) is 9.56. The van der Waals surface area contributed by atoms with Gasteiger partial charge in [0, 0.05) is 6.42 Å². The molecule has 4 nitrogen and oxygen atoms in total. The molecule has 0 bridgehead atoms. The maximum atomic E-state index is 12.1. The maximum Gasteiger partial charge on any atom is 0.237 e. The molecule has 114 valence electrons. The first kappa shape index (κ1) is 14.6. The van der Waals surface area contributed by atoms with Gasteiger partial charge in [0.2, 0.25) is 10.0 Å². The molecule has 1 heterocycles. The van der Waals surface area contributed by atoms with Crippen molar-refractivity contribution in [3.05, 3.63) is 30.1 Å². The summed E-state index contributed by atoms with van der Waals surface area (Å²) in [5.74, 6) is 1.41. The van der Waals surface area contributed by atoms with E-state index in [2.05, 4.69) is 4.98 Å². The van der Waals surface area contributed by atoms with Crippen molar-refractivity contribution < 1.29 is 8.42 Å². The molecule has 1 aromatic heterocycles. The third-order valence-corrected chi connectivity index (χ3v) is 5.49. The molecule has 1 aliphatic rings. The summed E-state index contributed by atoms with van der Waals surface area (Å²) in [7, 11) is -3.32. The minimum Gasteiger partial charge on any atom is -0.232 e. The summed E-state index contributed by atoms with van der Waals surface area (Å²) in [6.45, 7) is 0. The Labute approximate surface area is 126 Å². The maximum absolute atomic E-state index is 12.1. The van der Waals surface area contributed by atoms with Gasteiger partial charge in [-0.25, -0.2) is 17.4 Å². The molecular weight excluding hydrogens is 284 g/mol. The normalized spacial score (nSPS) is 17.4. The molecule has 0 unspecified atom stereocenters. The van der Waals surface area contributed by atoms with Crippen LogP contribution in [0.2, 0.25) is 0 Å². The number of aryl methyl sites for hydroxylation is 1. The molecule has 5 heteroatoms. The van der Waals surface area contributed by atoms with Crippen LogP contribution in [0.4, 0.5) is 0 Å². The van der Waals surface area contributed by atoms with Crippen LogP contribution in [0, 0.1) is 5.92 Å². The Balaban J connectivity index is 1.90. The van der Waals surface area contributed by atoms with Crippen LogP contribution < -0.4 is 0 Å². The zero-order valence-corrected chi connectivity index (χ0v) is 13.3. The molecule has 0 aliphatic heterocycles. The molecule has 1 aromatic carbocycles. The van der Waals surface area contributed by atoms with Gasteiger partial charge < -0.3 is 0 Å². The Hall–Kier alpha value is -1.36. The van der Waals surface area contributed by atoms with Crippen LogP contribution in [-0.4, -0.2) is 23.6 Å². The van der Waals surface area contributed by atoms with Crippen LogP contribution in [-0.2, 0) is 16.4 Å². The molecule has 2 aromatic rings. The monoisotopic (exact) mass is 306 g/mol. The Morgan fingerprint density at radius 1 is 1.19 bits per heavy atom. The Morgan fingerprint density at radius 2 is 1.90 bits per heavy atom. The average Bonchev–Trinajstić information content (AvgIpc) is 2.84. The van der Waals surface area contributed by atoms with Crippen LogP contribution in [0.25, 0.3) is 11.0 Å². The first-order valence-corrected chi connectivity index (χ1v) is 9.57. The second-order valence-electron chi connectivity index (χ2n) is 6.09. The Morgan fingerprint density at radius 3 is 2.62 bits per heavy atom. The van der Waals surface area contributed by atoms with E-state index in [1.54, 1.807) is 0 Å². The van der Waals surface area contributed by atoms with E-state index in [0.29, 0.717) is 11.3 Å². The molecule has 0 radical (unpaired) electrons. The molecule has 21 heavy (non-hydrogen) atoms. The summed E-state index contributed by atoms with van der Waals surface area (Å²) >= 11 is 0. The molecule has 1 saturated carbocycles. The lowest BCUT2D eigenvalue weighted by Gasteiger charge is -2.21. The van der Waals surface area contributed by atoms with Crippen molar-refractivity contribution in [1.82, 2.24) is 8.96 Å². The summed E-state index contributed by atoms with van der Waals surface area (Å²) in [5.41, 5.74) is 1.46. The number of hydrogen-bond acceptors (Lipinski definition) is 3. The number of aromatic nitrogens is 2. The van der Waals surface area contributed by atoms with Crippen molar-refractivity contribution in [3.63, 3.8) is 0 Å². The van der Waals surface area contributed by atoms with Gasteiger partial charge in [-0.05, 0) is 24.5 Å². The van der Waals surface area contributed by atoms with Gasteiger partial charge in [0.15, 0.2) is 0 Å². The van der Waals surface area contributed by atoms with Crippen molar-refractivity contribution >= 4 is 21.1 Å². The number of para-hydroxylation sites is 2. The van der Waals surface area contributed by atoms with Gasteiger partial charge in [0.05, 0.1) is 17.3 Å². The third-order valence-electron chi connectivity index (χ3n) is 4.42. The summed E-state index contributed by atoms with van der Waals surface area (Å²) in [5, 5.41) is 0. The van der Waals surface area contributed by atoms with Crippen LogP contribution in [0.5, 0.6) is 0 Å². The van der Waals surface area contributed by atoms with Crippen molar-refractivity contribution in [2.24, 2.45) is 5.92 Å². The van der Waals surface area contributed by atoms with E-state index in [1.165, 1.54) is 42.3 Å². The lowest BCUT2D eigenvalue weighted by molar-refractivity contribution is 0.337. The number of rotatable bonds is 4. The van der Waals surface area contributed by atoms with E-state index in [1.807, 2.05) is 24.3 Å². The molecule has 1 fully saturated rings. The molecule has 0 atom stereocenters. The fourth-order valence-electron chi connectivity index (χ4n) is 3.39. The predicted molar refractivity (Wildman–Crippen MR) is 84.9 cm³/mol. The summed E-state index contributed by atoms with van der Waals surface area (Å²) in [4.78, 5) is 4.55. The third kappa shape index (κ3) is 3.12. The number of benzene rings is 1. The van der Waals surface area contributed by atoms with E-state index < -0.39 is 10.0 Å². The second kappa shape index (κ2) is 5.79. The minimum absolute atomic E-state index is 0.685. The fraction of sp³-hybridized carbons (Fsp3) is 0.562. The van der Waals surface area contributed by atoms with Gasteiger partial charge in [0.25, 0.3) is 0 Å². The molecule has 0 saturated heterocycles. The largest absolute Gasteiger partial charge is 0.237 e. The second-order valence-corrected chi connectivity index (χ2v) is 7.92. The number of hydrogen-bond donors (Lipinski definition) is 0. The van der Waals surface area contributed by atoms with Gasteiger partial charge in [-0.15, -0.1) is 0 Å². The van der Waals surface area contributed by atoms with E-state index in [9.17, 15) is 8.42 Å². The van der Waals surface area contributed by atoms with Crippen LogP contribution >= 0.6 is 0 Å². The molecule has 3 rings (SSSR count). The van der Waals surface area contributed by atoms with E-state index in [4.69, 9.17) is 0 Å². The zero-order chi connectivity index (χ0) is 14.9. The van der Waals surface area contributed by atoms with E-state index >= 15 is 0 Å². The first-order chi connectivity index (χ1) is 10.1. The number of imidazole rings is 1. The van der Waals surface area contributed by atoms with Gasteiger partial charge in [-0.1, -0.05) is 44.2 Å². The Bertz CT molecular complexity index is 728. The SMILES string of the molecule is CS(=O)(=O)n1c(CCC2CCCCC2)nc2ccccc21. The Kier molecular flexibility index (Phi) is 4.02. The van der Waals surface area contributed by atoms with E-state index in [0.717, 1.165) is 24.3 Å². The van der Waals surface area contributed by atoms with Gasteiger partial charge in [0.1, 0.15) is 5.82 Å². The van der Waals surface area contributed by atoms with Gasteiger partial charge >= 0.3 is 0 Å². The highest BCUT2D eigenvalue weighted by atomic mass is 32.2. The van der Waals surface area contributed by atoms with Gasteiger partial charge in [-0.3, -0.25) is 0 Å². The highest BCUT2D eigenvalue weighted by Crippen LogP contribution is 2.28. The average molecular weight is 306 g/mol. The highest BCUT2D eigenvalue weighted by Gasteiger charge is 2.20. The van der Waals surface area contributed by atoms with Crippen molar-refractivity contribution in [3.8, 4) is 0 Å². The molecule has 1 aliphatic carbocycles. The lowest BCUT2D eigenvalue weighted by Crippen LogP contribution is -2.15. The molecule has 0 spiro atoms. The quantitative estimate of drug-likeness (QED) is 0.870. The van der Waals surface area contributed by atoms with E-state index in [-0.39, 0.29) is 0 Å². The van der Waals surface area contributed by atoms with Crippen molar-refractivity contribution in [2.45, 2.75) is 44.9 Å². The topological polar surface area (TPSA) is 52.0 Å². The molecule has 0 N–H and O–H groups in total. The predicted octanol–water partition coefficient (Wildman–Crippen LogP) is 3.36. The van der Waals surface area contributed by atoms with Crippen LogP contribution in [0.15, 0.2) is 24.3 Å². The minimum atomic E-state index is -3.32. The summed E-state index contributed by atoms with van der Waals surface area (Å²) in [6, 6.07) is 7.46. The first-order valence-electron chi connectivity index (χ1n) is 7.72. The molecule has 0 amide bonds. The zero-order valence-electron chi connectivity index (χ0n) is 12.5. The van der Waals surface area contributed by atoms with Gasteiger partial charge in [-0.2, -0.15) is 0 Å². The van der Waals surface area contributed by atoms with Crippen LogP contribution in [0.1, 0.15) is 44.3 Å². The smallest absolute Gasteiger partial charge is 0.232 e. The lowest BCUT2D eigenvalue weighted by atomic mass is 9.86. The fourth-order valence-corrected chi connectivity index (χ4v) is 4.42. The number of nitrogens with zero attached hydrogens (tertiary/aromatic N) is 2. The van der Waals surface area contributed by atoms with Crippen molar-refractivity contribution in [2.75, 3.05) is 6.26 Å². The molecular formula is C16H22N2O2S. The summed E-state index contributed by atoms with van der Waals surface area (Å²) < 4.78 is 25.6. The van der Waals surface area contributed by atoms with Crippen LogP contribution in [0.3, 0.4) is 0 Å². The highest BCUT2D eigenvalue weighted by molar-refractivity contribution is 7.89. The standard InChI is InChI=1S/C16H22N2O2S/c1-21(19,20)18-15-10-6-5-9-14(15)17-16(18)12-11-13-7-3-2-4-8-13/h5-6,9-10,13H,2-4,7-8,11-12H2,1H3. The van der Waals surface area contributed by atoms with Crippen molar-refractivity contribution in [1.29, 1.82) is 0 Å².